The molecule has 13 aromatic carbocycles. The van der Waals surface area contributed by atoms with Gasteiger partial charge in [-0.15, -0.1) is 0 Å². The number of hydrogen-bond donors (Lipinski definition) is 1. The van der Waals surface area contributed by atoms with Gasteiger partial charge in [-0.25, -0.2) is 0 Å². The third kappa shape index (κ3) is 19.9. The predicted octanol–water partition coefficient (Wildman–Crippen LogP) is 17.0. The van der Waals surface area contributed by atoms with Crippen LogP contribution >= 0.6 is 43.3 Å². The maximum absolute atomic E-state index is 12.3. The Morgan fingerprint density at radius 1 is 0.327 bits per heavy atom. The van der Waals surface area contributed by atoms with Crippen molar-refractivity contribution < 1.29 is 25.2 Å². The molecule has 15 aromatic rings. The third-order valence-corrected chi connectivity index (χ3v) is 26.5. The summed E-state index contributed by atoms with van der Waals surface area (Å²) in [6.45, 7) is 2.59. The average Bonchev–Trinajstić information content (AvgIpc) is 1.75. The zero-order valence-corrected chi connectivity index (χ0v) is 61.7. The molecule has 1 N–H and O–H groups in total. The number of carbonyl (C=O) groups is 1. The third-order valence-electron chi connectivity index (χ3n) is 16.5. The normalized spacial score (nSPS) is 12.6. The molecule has 0 saturated heterocycles. The minimum absolute atomic E-state index is 0. The number of nitrogens with one attached hydrogen (secondary N) is 1. The number of halogens is 1. The molecule has 5 nitrogen and oxygen atoms in total. The molecule has 1 atom stereocenters. The Hall–Kier alpha value is -9.64. The maximum Gasteiger partial charge on any atom is 0.270 e. The summed E-state index contributed by atoms with van der Waals surface area (Å²) in [4.78, 5) is 16.5. The second kappa shape index (κ2) is 37.7. The number of nitrogens with zero attached hydrogens (tertiary/aromatic N) is 3. The van der Waals surface area contributed by atoms with Gasteiger partial charge in [0.25, 0.3) is 5.91 Å². The summed E-state index contributed by atoms with van der Waals surface area (Å²) in [5.74, 6) is -0.115. The minimum atomic E-state index is -0.530. The number of aromatic nitrogens is 3. The Bertz CT molecular complexity index is 4030. The van der Waals surface area contributed by atoms with E-state index in [0.29, 0.717) is 17.3 Å². The molecule has 3 heterocycles. The van der Waals surface area contributed by atoms with Gasteiger partial charge in [0.2, 0.25) is 0 Å². The molecule has 11 heteroatoms. The van der Waals surface area contributed by atoms with Crippen molar-refractivity contribution in [3.63, 3.8) is 0 Å². The Morgan fingerprint density at radius 2 is 0.584 bits per heavy atom. The minimum Gasteiger partial charge on any atom is -0.340 e. The van der Waals surface area contributed by atoms with E-state index in [1.807, 2.05) is 31.2 Å². The average molecular weight is 1490 g/mol. The summed E-state index contributed by atoms with van der Waals surface area (Å²) in [5.41, 5.74) is 3.01. The van der Waals surface area contributed by atoms with Gasteiger partial charge in [0, 0.05) is 44.6 Å². The first kappa shape index (κ1) is 72.6. The van der Waals surface area contributed by atoms with Crippen molar-refractivity contribution in [3.8, 4) is 11.1 Å². The first-order chi connectivity index (χ1) is 49.3. The van der Waals surface area contributed by atoms with Gasteiger partial charge >= 0.3 is 0 Å². The first-order valence-corrected chi connectivity index (χ1v) is 39.0. The largest absolute Gasteiger partial charge is 0.340 e. The van der Waals surface area contributed by atoms with Gasteiger partial charge in [0.05, 0.1) is 17.1 Å². The van der Waals surface area contributed by atoms with E-state index in [1.165, 1.54) is 63.7 Å². The summed E-state index contributed by atoms with van der Waals surface area (Å²) in [5, 5.41) is 24.7. The predicted molar refractivity (Wildman–Crippen MR) is 432 cm³/mol. The standard InChI is InChI=1S/C18H15ClN4O.4C18H15P.Pd/c1-18(11-23-16(5-6-21-23)17(24)22-18)14-4-2-3-12(7-14)13-8-15(19)10-20-9-13;4*1-4-10-16(11-5-1)19(17-12-6-2-7-13-17)18-14-8-3-9-15-18;/h2-10H,11H2,1H3,(H,22,24);4*1-15H;/t18-;;;;;/m0...../s1. The molecule has 0 bridgehead atoms. The quantitative estimate of drug-likeness (QED) is 0.0872. The van der Waals surface area contributed by atoms with Crippen LogP contribution in [-0.2, 0) is 32.5 Å². The van der Waals surface area contributed by atoms with Crippen LogP contribution in [0.2, 0.25) is 5.02 Å². The van der Waals surface area contributed by atoms with Crippen LogP contribution in [0.4, 0.5) is 0 Å². The fourth-order valence-corrected chi connectivity index (χ4v) is 21.2. The van der Waals surface area contributed by atoms with Gasteiger partial charge in [0.15, 0.2) is 0 Å². The van der Waals surface area contributed by atoms with Crippen LogP contribution in [0.1, 0.15) is 23.0 Å². The molecule has 1 aliphatic heterocycles. The van der Waals surface area contributed by atoms with Crippen molar-refractivity contribution in [1.29, 1.82) is 0 Å². The summed E-state index contributed by atoms with van der Waals surface area (Å²) < 4.78 is 1.74. The van der Waals surface area contributed by atoms with Crippen LogP contribution in [-0.4, -0.2) is 20.7 Å². The Morgan fingerprint density at radius 3 is 0.832 bits per heavy atom. The van der Waals surface area contributed by atoms with E-state index in [9.17, 15) is 4.79 Å². The zero-order chi connectivity index (χ0) is 68.4. The summed E-state index contributed by atoms with van der Waals surface area (Å²) in [6.07, 6.45) is 5.03. The van der Waals surface area contributed by atoms with Crippen molar-refractivity contribution in [2.24, 2.45) is 0 Å². The molecule has 0 unspecified atom stereocenters. The Labute approximate surface area is 618 Å². The number of pyridine rings is 1. The number of rotatable bonds is 14. The number of fused-ring (bicyclic) bond motifs is 1. The number of benzene rings is 13. The van der Waals surface area contributed by atoms with E-state index in [4.69, 9.17) is 11.6 Å². The maximum atomic E-state index is 12.3. The van der Waals surface area contributed by atoms with Gasteiger partial charge in [-0.1, -0.05) is 394 Å². The van der Waals surface area contributed by atoms with E-state index in [-0.39, 0.29) is 26.3 Å². The van der Waals surface area contributed by atoms with E-state index in [0.717, 1.165) is 16.7 Å². The van der Waals surface area contributed by atoms with E-state index in [2.05, 4.69) is 385 Å². The molecule has 0 aliphatic carbocycles. The van der Waals surface area contributed by atoms with Crippen LogP contribution in [0.5, 0.6) is 0 Å². The van der Waals surface area contributed by atoms with Crippen LogP contribution in [0, 0.1) is 0 Å². The topological polar surface area (TPSA) is 59.8 Å². The number of hydrogen-bond acceptors (Lipinski definition) is 3. The zero-order valence-electron chi connectivity index (χ0n) is 55.8. The van der Waals surface area contributed by atoms with Gasteiger partial charge in [-0.3, -0.25) is 14.5 Å². The SMILES string of the molecule is C[C@@]1(c2cccc(-c3cncc(Cl)c3)c2)Cn2nccc2C(=O)N1.[Pd].c1ccc(P(c2ccccc2)c2ccccc2)cc1.c1ccc(P(c2ccccc2)c2ccccc2)cc1.c1ccc(P(c2ccccc2)c2ccccc2)cc1.c1ccc(P(c2ccccc2)c2ccccc2)cc1. The van der Waals surface area contributed by atoms with E-state index in [1.54, 1.807) is 29.3 Å². The molecule has 0 radical (unpaired) electrons. The molecule has 0 saturated carbocycles. The second-order valence-electron chi connectivity index (χ2n) is 23.5. The molecule has 16 rings (SSSR count). The summed E-state index contributed by atoms with van der Waals surface area (Å²) in [6, 6.07) is 141. The molecular formula is C90H75ClN4OP4Pd. The molecular weight excluding hydrogens is 1420 g/mol. The smallest absolute Gasteiger partial charge is 0.270 e. The summed E-state index contributed by atoms with van der Waals surface area (Å²) >= 11 is 6.04. The number of amides is 1. The van der Waals surface area contributed by atoms with Crippen molar-refractivity contribution in [3.05, 3.63) is 435 Å². The first-order valence-electron chi connectivity index (χ1n) is 33.2. The molecule has 1 amide bonds. The molecule has 0 spiro atoms. The van der Waals surface area contributed by atoms with Crippen molar-refractivity contribution in [2.45, 2.75) is 19.0 Å². The molecule has 2 aromatic heterocycles. The van der Waals surface area contributed by atoms with Crippen LogP contribution in [0.15, 0.2) is 419 Å². The fourth-order valence-electron chi connectivity index (χ4n) is 11.8. The monoisotopic (exact) mass is 1490 g/mol. The van der Waals surface area contributed by atoms with Gasteiger partial charge in [-0.2, -0.15) is 5.10 Å². The van der Waals surface area contributed by atoms with E-state index >= 15 is 0 Å². The molecule has 1 aliphatic rings. The van der Waals surface area contributed by atoms with Crippen molar-refractivity contribution >= 4 is 113 Å². The van der Waals surface area contributed by atoms with Crippen LogP contribution < -0.4 is 69.0 Å². The summed E-state index contributed by atoms with van der Waals surface area (Å²) in [7, 11) is -1.78. The van der Waals surface area contributed by atoms with Gasteiger partial charge < -0.3 is 5.32 Å². The van der Waals surface area contributed by atoms with Gasteiger partial charge in [-0.05, 0) is 132 Å². The van der Waals surface area contributed by atoms with Crippen LogP contribution in [0.3, 0.4) is 0 Å². The second-order valence-corrected chi connectivity index (χ2v) is 32.8. The van der Waals surface area contributed by atoms with Crippen LogP contribution in [0.25, 0.3) is 11.1 Å². The fraction of sp³-hybridized carbons (Fsp3) is 0.0333. The number of carbonyl (C=O) groups excluding carboxylic acids is 1. The Kier molecular flexibility index (Phi) is 27.1. The Balaban J connectivity index is 0.000000127. The van der Waals surface area contributed by atoms with Crippen molar-refractivity contribution in [2.75, 3.05) is 0 Å². The van der Waals surface area contributed by atoms with E-state index < -0.39 is 37.2 Å². The van der Waals surface area contributed by atoms with Crippen molar-refractivity contribution in [1.82, 2.24) is 20.1 Å². The van der Waals surface area contributed by atoms with Gasteiger partial charge in [0.1, 0.15) is 5.69 Å². The molecule has 101 heavy (non-hydrogen) atoms. The molecule has 0 fully saturated rings. The molecule has 498 valence electrons.